The van der Waals surface area contributed by atoms with E-state index in [4.69, 9.17) is 24.9 Å². The quantitative estimate of drug-likeness (QED) is 0.228. The number of halogens is 1. The first-order valence-electron chi connectivity index (χ1n) is 15.6. The van der Waals surface area contributed by atoms with Crippen molar-refractivity contribution in [1.29, 1.82) is 0 Å². The van der Waals surface area contributed by atoms with Crippen LogP contribution in [0.25, 0.3) is 17.2 Å². The number of nitrogen functional groups attached to an aromatic ring is 1. The largest absolute Gasteiger partial charge is 0.460 e. The van der Waals surface area contributed by atoms with Gasteiger partial charge in [-0.25, -0.2) is 4.39 Å². The number of benzene rings is 2. The number of nitrogens with zero attached hydrogens (tertiary/aromatic N) is 1. The fraction of sp³-hybridized carbons (Fsp3) is 0.459. The minimum atomic E-state index is -0.879. The van der Waals surface area contributed by atoms with E-state index in [0.29, 0.717) is 12.8 Å². The second-order valence-corrected chi connectivity index (χ2v) is 13.8. The number of aryl methyl sites for hydroxylation is 2. The molecule has 234 valence electrons. The van der Waals surface area contributed by atoms with Gasteiger partial charge in [0, 0.05) is 29.8 Å². The molecule has 2 N–H and O–H groups in total. The van der Waals surface area contributed by atoms with E-state index in [2.05, 4.69) is 38.1 Å². The molecule has 1 aliphatic heterocycles. The number of carbonyl (C=O) groups is 1. The molecule has 1 aromatic heterocycles. The maximum absolute atomic E-state index is 14.1. The molecule has 0 unspecified atom stereocenters. The van der Waals surface area contributed by atoms with E-state index in [0.717, 1.165) is 52.2 Å². The van der Waals surface area contributed by atoms with Gasteiger partial charge in [-0.05, 0) is 105 Å². The van der Waals surface area contributed by atoms with Gasteiger partial charge in [0.1, 0.15) is 11.4 Å². The molecule has 2 aromatic carbocycles. The number of fused-ring (bicyclic) bond motifs is 2. The van der Waals surface area contributed by atoms with Crippen LogP contribution in [0, 0.1) is 5.82 Å². The van der Waals surface area contributed by atoms with Crippen LogP contribution in [0.5, 0.6) is 0 Å². The normalized spacial score (nSPS) is 19.8. The predicted molar refractivity (Wildman–Crippen MR) is 173 cm³/mol. The SMILES string of the molecule is CC(C)c1nc2c(c(-c3ccc(F)cc3)c1C=C[C@@H]1C[C@H](CC(=O)OC(C)(C)C)OC(C)(C)O1)Cc1cc(N)ccc1CC2. The Labute approximate surface area is 260 Å². The Bertz CT molecular complexity index is 1550. The van der Waals surface area contributed by atoms with Crippen LogP contribution in [-0.4, -0.2) is 34.5 Å². The number of carbonyl (C=O) groups excluding carboxylic acids is 1. The molecule has 7 heteroatoms. The van der Waals surface area contributed by atoms with Gasteiger partial charge in [-0.1, -0.05) is 44.2 Å². The molecule has 2 atom stereocenters. The minimum Gasteiger partial charge on any atom is -0.460 e. The molecule has 6 nitrogen and oxygen atoms in total. The summed E-state index contributed by atoms with van der Waals surface area (Å²) in [5.74, 6) is -1.30. The van der Waals surface area contributed by atoms with Gasteiger partial charge in [-0.2, -0.15) is 0 Å². The van der Waals surface area contributed by atoms with E-state index >= 15 is 0 Å². The van der Waals surface area contributed by atoms with Crippen LogP contribution in [0.1, 0.15) is 101 Å². The number of esters is 1. The minimum absolute atomic E-state index is 0.146. The molecule has 5 rings (SSSR count). The van der Waals surface area contributed by atoms with Crippen LogP contribution < -0.4 is 5.73 Å². The lowest BCUT2D eigenvalue weighted by Gasteiger charge is -2.40. The molecule has 0 bridgehead atoms. The molecule has 2 heterocycles. The van der Waals surface area contributed by atoms with Gasteiger partial charge in [0.05, 0.1) is 24.3 Å². The lowest BCUT2D eigenvalue weighted by atomic mass is 9.86. The molecule has 1 aliphatic carbocycles. The van der Waals surface area contributed by atoms with Crippen molar-refractivity contribution in [2.24, 2.45) is 0 Å². The van der Waals surface area contributed by atoms with E-state index in [9.17, 15) is 9.18 Å². The van der Waals surface area contributed by atoms with Crippen LogP contribution in [0.2, 0.25) is 0 Å². The highest BCUT2D eigenvalue weighted by Gasteiger charge is 2.36. The second kappa shape index (κ2) is 12.4. The number of anilines is 1. The molecule has 2 aliphatic rings. The first-order valence-corrected chi connectivity index (χ1v) is 15.6. The molecule has 0 radical (unpaired) electrons. The summed E-state index contributed by atoms with van der Waals surface area (Å²) in [6, 6.07) is 12.9. The average molecular weight is 601 g/mol. The van der Waals surface area contributed by atoms with Crippen molar-refractivity contribution in [2.75, 3.05) is 5.73 Å². The van der Waals surface area contributed by atoms with E-state index < -0.39 is 11.4 Å². The summed E-state index contributed by atoms with van der Waals surface area (Å²) in [5.41, 5.74) is 15.1. The van der Waals surface area contributed by atoms with Crippen LogP contribution >= 0.6 is 0 Å². The highest BCUT2D eigenvalue weighted by atomic mass is 19.1. The lowest BCUT2D eigenvalue weighted by Crippen LogP contribution is -2.45. The third-order valence-corrected chi connectivity index (χ3v) is 8.03. The molecule has 44 heavy (non-hydrogen) atoms. The Balaban J connectivity index is 1.58. The molecule has 3 aromatic rings. The Morgan fingerprint density at radius 1 is 1.11 bits per heavy atom. The van der Waals surface area contributed by atoms with Crippen molar-refractivity contribution >= 4 is 17.7 Å². The van der Waals surface area contributed by atoms with Crippen LogP contribution in [0.3, 0.4) is 0 Å². The first kappa shape index (κ1) is 31.9. The molecular weight excluding hydrogens is 555 g/mol. The zero-order chi connectivity index (χ0) is 31.8. The molecular formula is C37H45FN2O4. The Morgan fingerprint density at radius 2 is 1.84 bits per heavy atom. The maximum Gasteiger partial charge on any atom is 0.308 e. The van der Waals surface area contributed by atoms with Gasteiger partial charge >= 0.3 is 5.97 Å². The summed E-state index contributed by atoms with van der Waals surface area (Å²) in [7, 11) is 0. The van der Waals surface area contributed by atoms with Gasteiger partial charge in [0.25, 0.3) is 0 Å². The lowest BCUT2D eigenvalue weighted by molar-refractivity contribution is -0.290. The van der Waals surface area contributed by atoms with Gasteiger partial charge < -0.3 is 19.9 Å². The topological polar surface area (TPSA) is 83.7 Å². The summed E-state index contributed by atoms with van der Waals surface area (Å²) in [5, 5.41) is 0. The Kier molecular flexibility index (Phi) is 9.01. The van der Waals surface area contributed by atoms with Crippen LogP contribution in [-0.2, 0) is 38.3 Å². The average Bonchev–Trinajstić information content (AvgIpc) is 3.08. The monoisotopic (exact) mass is 600 g/mol. The summed E-state index contributed by atoms with van der Waals surface area (Å²) in [6.07, 6.45) is 6.54. The number of rotatable bonds is 6. The number of hydrogen-bond donors (Lipinski definition) is 1. The van der Waals surface area contributed by atoms with E-state index in [1.165, 1.54) is 23.3 Å². The number of pyridine rings is 1. The summed E-state index contributed by atoms with van der Waals surface area (Å²) < 4.78 is 32.1. The first-order chi connectivity index (χ1) is 20.7. The number of ether oxygens (including phenoxy) is 3. The standard InChI is InChI=1S/C37H45FN2O4/c1-22(2)35-30(16-15-28-20-29(43-37(6,7)42-28)21-33(41)44-36(3,4)5)34(24-8-12-26(38)13-9-24)31-19-25-18-27(39)14-10-23(25)11-17-32(31)40-35/h8-10,12-16,18,22,28-29H,11,17,19-21,39H2,1-7H3/t28-,29-/m1/s1. The molecule has 1 fully saturated rings. The third-order valence-electron chi connectivity index (χ3n) is 8.03. The van der Waals surface area contributed by atoms with Crippen molar-refractivity contribution in [1.82, 2.24) is 4.98 Å². The number of nitrogens with two attached hydrogens (primary N) is 1. The third kappa shape index (κ3) is 7.56. The summed E-state index contributed by atoms with van der Waals surface area (Å²) in [4.78, 5) is 17.9. The molecule has 1 saturated heterocycles. The van der Waals surface area contributed by atoms with Crippen molar-refractivity contribution in [2.45, 2.75) is 110 Å². The summed E-state index contributed by atoms with van der Waals surface area (Å²) in [6.45, 7) is 13.6. The van der Waals surface area contributed by atoms with E-state index in [-0.39, 0.29) is 36.3 Å². The highest BCUT2D eigenvalue weighted by Crippen LogP contribution is 2.39. The zero-order valence-corrected chi connectivity index (χ0v) is 27.0. The van der Waals surface area contributed by atoms with Crippen LogP contribution in [0.4, 0.5) is 10.1 Å². The molecule has 0 spiro atoms. The van der Waals surface area contributed by atoms with Crippen LogP contribution in [0.15, 0.2) is 48.5 Å². The fourth-order valence-corrected chi connectivity index (χ4v) is 6.32. The van der Waals surface area contributed by atoms with Crippen molar-refractivity contribution < 1.29 is 23.4 Å². The predicted octanol–water partition coefficient (Wildman–Crippen LogP) is 7.94. The highest BCUT2D eigenvalue weighted by molar-refractivity contribution is 5.81. The molecule has 0 amide bonds. The van der Waals surface area contributed by atoms with Gasteiger partial charge in [-0.15, -0.1) is 0 Å². The van der Waals surface area contributed by atoms with Crippen molar-refractivity contribution in [3.05, 3.63) is 88.0 Å². The van der Waals surface area contributed by atoms with Crippen molar-refractivity contribution in [3.63, 3.8) is 0 Å². The summed E-state index contributed by atoms with van der Waals surface area (Å²) >= 11 is 0. The fourth-order valence-electron chi connectivity index (χ4n) is 6.32. The van der Waals surface area contributed by atoms with Gasteiger partial charge in [-0.3, -0.25) is 9.78 Å². The zero-order valence-electron chi connectivity index (χ0n) is 27.0. The molecule has 0 saturated carbocycles. The second-order valence-electron chi connectivity index (χ2n) is 13.8. The maximum atomic E-state index is 14.1. The van der Waals surface area contributed by atoms with E-state index in [1.807, 2.05) is 52.8 Å². The number of hydrogen-bond acceptors (Lipinski definition) is 6. The smallest absolute Gasteiger partial charge is 0.308 e. The Morgan fingerprint density at radius 3 is 2.52 bits per heavy atom. The van der Waals surface area contributed by atoms with E-state index in [1.54, 1.807) is 0 Å². The van der Waals surface area contributed by atoms with Gasteiger partial charge in [0.2, 0.25) is 0 Å². The van der Waals surface area contributed by atoms with Crippen molar-refractivity contribution in [3.8, 4) is 11.1 Å². The van der Waals surface area contributed by atoms with Gasteiger partial charge in [0.15, 0.2) is 5.79 Å². The Hall–Kier alpha value is -3.55. The number of aromatic nitrogens is 1.